The van der Waals surface area contributed by atoms with Gasteiger partial charge in [-0.1, -0.05) is 167 Å². The minimum Gasteiger partial charge on any atom is -0.506 e. The van der Waals surface area contributed by atoms with Crippen molar-refractivity contribution in [2.24, 2.45) is 9.98 Å². The second-order valence-electron chi connectivity index (χ2n) is 28.5. The van der Waals surface area contributed by atoms with Gasteiger partial charge in [0.15, 0.2) is 15.8 Å². The average molecular weight is 2070 g/mol. The number of urea groups is 1. The smallest absolute Gasteiger partial charge is 0.331 e. The normalized spacial score (nSPS) is 13.9. The van der Waals surface area contributed by atoms with Crippen molar-refractivity contribution in [2.75, 3.05) is 36.0 Å². The van der Waals surface area contributed by atoms with Crippen molar-refractivity contribution in [3.05, 3.63) is 341 Å². The molecule has 0 radical (unpaired) electrons. The van der Waals surface area contributed by atoms with Gasteiger partial charge in [-0.15, -0.1) is 0 Å². The number of aromatic nitrogens is 2. The Bertz CT molecular complexity index is 6300. The molecule has 3 aromatic heterocycles. The van der Waals surface area contributed by atoms with E-state index < -0.39 is 44.4 Å². The van der Waals surface area contributed by atoms with Crippen LogP contribution in [0.4, 0.5) is 39.0 Å². The number of ether oxygens (including phenoxy) is 1. The van der Waals surface area contributed by atoms with Gasteiger partial charge in [0.25, 0.3) is 46.8 Å². The third-order valence-electron chi connectivity index (χ3n) is 18.0. The van der Waals surface area contributed by atoms with Crippen LogP contribution < -0.4 is 40.7 Å². The predicted molar refractivity (Wildman–Crippen MR) is 519 cm³/mol. The lowest BCUT2D eigenvalue weighted by molar-refractivity contribution is -0.385. The monoisotopic (exact) mass is 2060 g/mol. The number of rotatable bonds is 16. The largest absolute Gasteiger partial charge is 0.506 e. The number of nitro groups is 2. The number of piperazine rings is 1. The van der Waals surface area contributed by atoms with Gasteiger partial charge in [0.2, 0.25) is 0 Å². The van der Waals surface area contributed by atoms with Crippen molar-refractivity contribution in [2.45, 2.75) is 51.4 Å². The Balaban J connectivity index is 0.000000172. The molecule has 11 aromatic rings. The molecule has 0 atom stereocenters. The number of halogens is 7. The molecule has 4 aliphatic heterocycles. The number of aryl methyl sites for hydroxylation is 1. The molecule has 0 bridgehead atoms. The van der Waals surface area contributed by atoms with Crippen LogP contribution >= 0.6 is 118 Å². The Morgan fingerprint density at radius 3 is 1.96 bits per heavy atom. The number of nitro benzene ring substituents is 2. The highest BCUT2D eigenvalue weighted by atomic mass is 79.9. The molecule has 15 rings (SSSR count). The van der Waals surface area contributed by atoms with E-state index in [1.54, 1.807) is 145 Å². The molecule has 0 saturated carbocycles. The first-order chi connectivity index (χ1) is 61.9. The number of esters is 1. The summed E-state index contributed by atoms with van der Waals surface area (Å²) < 4.78 is 14.9. The summed E-state index contributed by atoms with van der Waals surface area (Å²) in [6.45, 7) is 12.2. The fourth-order valence-electron chi connectivity index (χ4n) is 11.6. The molecular formula is C91H76Br3Cl4N13O17S2. The third kappa shape index (κ3) is 30.8. The van der Waals surface area contributed by atoms with Crippen LogP contribution in [0.1, 0.15) is 61.3 Å². The zero-order valence-corrected chi connectivity index (χ0v) is 78.4. The number of benzene rings is 8. The molecule has 0 unspecified atom stereocenters. The highest BCUT2D eigenvalue weighted by Crippen LogP contribution is 2.35. The number of amides is 8. The van der Waals surface area contributed by atoms with Gasteiger partial charge in [0, 0.05) is 111 Å². The number of allylic oxidation sites excluding steroid dienone is 3. The zero-order chi connectivity index (χ0) is 94.5. The van der Waals surface area contributed by atoms with E-state index >= 15 is 0 Å². The van der Waals surface area contributed by atoms with Crippen molar-refractivity contribution < 1.29 is 67.6 Å². The van der Waals surface area contributed by atoms with Crippen LogP contribution in [0.15, 0.2) is 286 Å². The number of alkyl halides is 2. The summed E-state index contributed by atoms with van der Waals surface area (Å²) in [5.41, 5.74) is 8.16. The molecule has 30 nitrogen and oxygen atoms in total. The Morgan fingerprint density at radius 2 is 1.35 bits per heavy atom. The number of aromatic hydroxyl groups is 2. The zero-order valence-electron chi connectivity index (χ0n) is 69.0. The third-order valence-corrected chi connectivity index (χ3v) is 21.7. The van der Waals surface area contributed by atoms with Gasteiger partial charge in [0.05, 0.1) is 36.5 Å². The number of fused-ring (bicyclic) bond motifs is 1. The number of nitrogens with zero attached hydrogens (tertiary/aromatic N) is 9. The van der Waals surface area contributed by atoms with Crippen molar-refractivity contribution in [3.63, 3.8) is 0 Å². The molecule has 7 heterocycles. The minimum atomic E-state index is -1.03. The fourth-order valence-corrected chi connectivity index (χ4v) is 14.6. The summed E-state index contributed by atoms with van der Waals surface area (Å²) >= 11 is 38.4. The number of thiocarbonyl (C=S) groups is 1. The SMILES string of the molecule is CC(=C\c1ccccc1)/C=C1/NC(=O)NC1=O.CC(C)(C)c1ccc(O)c(N=C/C=C/c2cccc([N+](=O)[O-])c2)c1.Cc1cc(OC(=O)Cn2c(=O)sc3ccccc32)ccc1Cl.O=C(C(Cl)Cl)N1CCN(c2ccc([N+](=O)[O-])cc2)CC1.O=C1C=CC(=O)N1c1ccc(Cl)cc1.O=C1NC(=S)NC(=O)C1=Cc1ccco1.Oc1c(Br)cc(Br)cc1C=Nc1ccc(Br)cn1. The van der Waals surface area contributed by atoms with E-state index in [-0.39, 0.29) is 73.8 Å². The highest BCUT2D eigenvalue weighted by Gasteiger charge is 2.29. The Hall–Kier alpha value is -13.2. The number of para-hydroxylation sites is 1. The highest BCUT2D eigenvalue weighted by molar-refractivity contribution is 9.11. The molecule has 6 N–H and O–H groups in total. The standard InChI is InChI=1S/C19H20N2O3.C16H12ClNO3S.C13H12N2O2.C12H7Br3N2O.C12H13Cl2N3O3.C10H6ClNO2.C9H6N2O3S/c1-19(2,3)15-9-10-18(22)17(13-15)20-11-5-7-14-6-4-8-16(12-14)21(23)24;1-10-8-11(6-7-12(10)17)21-15(19)9-18-13-4-2-3-5-14(13)22-16(18)20;1-9(7-10-5-3-2-4-6-10)8-11-12(16)15-13(17)14-11;13-8-1-2-11(17-6-8)16-5-7-3-9(14)4-10(15)12(7)18;13-11(14)12(18)16-7-5-15(6-8-16)9-1-3-10(4-2-9)17(19)20;11-7-1-3-8(4-2-7)12-9(13)5-6-10(12)14;12-7-6(4-5-2-1-3-14-5)8(13)11-9(15)10-7/h4-13,22H,1-3H3;2-8H,9H2,1H3;2-8H,1H3,(H2,14,15,16,17);1-6,18H;1-4,11H,5-8H2;1-6H;1-4H,(H2,10,11,12,13,15)/b7-5+,20-11?;;9-7+,11-8+;;;;. The number of non-ortho nitro benzene ring substituents is 2. The summed E-state index contributed by atoms with van der Waals surface area (Å²) in [6.07, 6.45) is 17.1. The fraction of sp³-hybridized carbons (Fsp3) is 0.132. The Morgan fingerprint density at radius 1 is 0.700 bits per heavy atom. The van der Waals surface area contributed by atoms with E-state index in [2.05, 4.69) is 122 Å². The number of hydrogen-bond acceptors (Lipinski definition) is 23. The number of carbonyl (C=O) groups excluding carboxylic acids is 8. The first-order valence-electron chi connectivity index (χ1n) is 38.4. The van der Waals surface area contributed by atoms with E-state index in [0.29, 0.717) is 80.5 Å². The summed E-state index contributed by atoms with van der Waals surface area (Å²) in [7, 11) is 0. The van der Waals surface area contributed by atoms with E-state index in [0.717, 1.165) is 63.3 Å². The minimum absolute atomic E-state index is 0.0154. The maximum absolute atomic E-state index is 12.1. The molecule has 668 valence electrons. The number of phenolic OH excluding ortho intramolecular Hbond substituents is 2. The maximum atomic E-state index is 12.1. The van der Waals surface area contributed by atoms with Crippen LogP contribution in [0, 0.1) is 27.2 Å². The van der Waals surface area contributed by atoms with Gasteiger partial charge < -0.3 is 34.5 Å². The molecule has 8 amide bonds. The number of hydrogen-bond donors (Lipinski definition) is 6. The van der Waals surface area contributed by atoms with Crippen molar-refractivity contribution in [1.29, 1.82) is 0 Å². The summed E-state index contributed by atoms with van der Waals surface area (Å²) in [5.74, 6) is -1.17. The number of anilines is 2. The number of phenols is 2. The van der Waals surface area contributed by atoms with Crippen LogP contribution in [0.5, 0.6) is 17.2 Å². The first kappa shape index (κ1) is 101. The lowest BCUT2D eigenvalue weighted by Gasteiger charge is -2.36. The topological polar surface area (TPSA) is 403 Å². The molecule has 3 fully saturated rings. The molecular weight excluding hydrogens is 1990 g/mol. The van der Waals surface area contributed by atoms with Crippen molar-refractivity contribution in [3.8, 4) is 17.2 Å². The van der Waals surface area contributed by atoms with Gasteiger partial charge in [-0.3, -0.25) is 79.3 Å². The summed E-state index contributed by atoms with van der Waals surface area (Å²) in [6, 6.07) is 56.7. The van der Waals surface area contributed by atoms with E-state index in [4.69, 9.17) is 55.6 Å². The Labute approximate surface area is 797 Å². The molecule has 4 aliphatic rings. The lowest BCUT2D eigenvalue weighted by atomic mass is 9.87. The maximum Gasteiger partial charge on any atom is 0.331 e. The van der Waals surface area contributed by atoms with Crippen LogP contribution in [0.3, 0.4) is 0 Å². The number of carbonyl (C=O) groups is 8. The predicted octanol–water partition coefficient (Wildman–Crippen LogP) is 19.3. The van der Waals surface area contributed by atoms with Gasteiger partial charge in [-0.2, -0.15) is 0 Å². The van der Waals surface area contributed by atoms with Crippen molar-refractivity contribution in [1.82, 2.24) is 35.7 Å². The number of pyridine rings is 1. The van der Waals surface area contributed by atoms with Gasteiger partial charge in [-0.25, -0.2) is 24.5 Å². The summed E-state index contributed by atoms with van der Waals surface area (Å²) in [4.78, 5) is 140. The van der Waals surface area contributed by atoms with Crippen LogP contribution in [0.25, 0.3) is 28.4 Å². The number of aliphatic imine (C=N–C) groups is 2. The number of thiazole rings is 1. The summed E-state index contributed by atoms with van der Waals surface area (Å²) in [5, 5.41) is 51.5. The Kier molecular flexibility index (Phi) is 37.3. The molecule has 0 spiro atoms. The van der Waals surface area contributed by atoms with E-state index in [1.165, 1.54) is 53.3 Å². The van der Waals surface area contributed by atoms with Gasteiger partial charge in [-0.05, 0) is 225 Å². The van der Waals surface area contributed by atoms with Crippen LogP contribution in [-0.2, 0) is 45.5 Å². The average Bonchev–Trinajstić information content (AvgIpc) is 1.63. The van der Waals surface area contributed by atoms with Gasteiger partial charge in [0.1, 0.15) is 46.5 Å². The van der Waals surface area contributed by atoms with Crippen LogP contribution in [-0.4, -0.2) is 131 Å². The number of furan rings is 1. The lowest BCUT2D eigenvalue weighted by Crippen LogP contribution is -2.51. The molecule has 0 aliphatic carbocycles. The van der Waals surface area contributed by atoms with E-state index in [9.17, 15) is 73.6 Å². The van der Waals surface area contributed by atoms with Crippen molar-refractivity contribution >= 4 is 245 Å². The molecule has 130 heavy (non-hydrogen) atoms. The van der Waals surface area contributed by atoms with Crippen LogP contribution in [0.2, 0.25) is 10.0 Å². The van der Waals surface area contributed by atoms with Gasteiger partial charge >= 0.3 is 16.9 Å². The quantitative estimate of drug-likeness (QED) is 0.00447. The second-order valence-corrected chi connectivity index (χ2v) is 34.5. The second kappa shape index (κ2) is 48.3. The molecule has 8 aromatic carbocycles. The molecule has 3 saturated heterocycles. The number of nitrogens with one attached hydrogen (secondary N) is 4. The number of imide groups is 2. The van der Waals surface area contributed by atoms with E-state index in [1.807, 2.05) is 92.7 Å². The first-order valence-corrected chi connectivity index (χ1v) is 43.6. The molecule has 39 heteroatoms.